The van der Waals surface area contributed by atoms with Crippen LogP contribution in [0.25, 0.3) is 5.69 Å². The quantitative estimate of drug-likeness (QED) is 0.249. The van der Waals surface area contributed by atoms with Crippen molar-refractivity contribution in [2.75, 3.05) is 5.01 Å². The highest BCUT2D eigenvalue weighted by molar-refractivity contribution is 5.81. The van der Waals surface area contributed by atoms with Crippen molar-refractivity contribution in [3.05, 3.63) is 119 Å². The van der Waals surface area contributed by atoms with Crippen molar-refractivity contribution in [1.29, 1.82) is 0 Å². The van der Waals surface area contributed by atoms with Crippen LogP contribution in [-0.4, -0.2) is 15.7 Å². The van der Waals surface area contributed by atoms with Crippen molar-refractivity contribution in [2.45, 2.75) is 0 Å². The minimum absolute atomic E-state index is 0.0652. The lowest BCUT2D eigenvalue weighted by Gasteiger charge is -2.19. The molecule has 4 rings (SSSR count). The normalized spacial score (nSPS) is 10.9. The fraction of sp³-hybridized carbons (Fsp3) is 0. The molecule has 0 aliphatic rings. The molecule has 6 heteroatoms. The van der Waals surface area contributed by atoms with Gasteiger partial charge in [-0.25, -0.2) is 5.01 Å². The van der Waals surface area contributed by atoms with Gasteiger partial charge in [0.05, 0.1) is 28.2 Å². The molecule has 0 saturated carbocycles. The van der Waals surface area contributed by atoms with Crippen LogP contribution < -0.4 is 5.01 Å². The highest BCUT2D eigenvalue weighted by Gasteiger charge is 2.09. The number of nitro benzene ring substituents is 1. The number of anilines is 2. The number of non-ortho nitro benzene ring substituents is 1. The molecule has 0 saturated heterocycles. The second-order valence-corrected chi connectivity index (χ2v) is 6.30. The lowest BCUT2D eigenvalue weighted by Crippen LogP contribution is -2.10. The van der Waals surface area contributed by atoms with E-state index in [0.717, 1.165) is 22.8 Å². The summed E-state index contributed by atoms with van der Waals surface area (Å²) in [5.74, 6) is 0. The Morgan fingerprint density at radius 1 is 0.793 bits per heavy atom. The highest BCUT2D eigenvalue weighted by atomic mass is 16.6. The molecule has 0 aliphatic heterocycles. The van der Waals surface area contributed by atoms with Crippen LogP contribution >= 0.6 is 0 Å². The predicted molar refractivity (Wildman–Crippen MR) is 115 cm³/mol. The van der Waals surface area contributed by atoms with E-state index in [1.807, 2.05) is 88.6 Å². The van der Waals surface area contributed by atoms with E-state index in [2.05, 4.69) is 0 Å². The molecule has 0 N–H and O–H groups in total. The molecule has 0 bridgehead atoms. The Morgan fingerprint density at radius 3 is 1.93 bits per heavy atom. The summed E-state index contributed by atoms with van der Waals surface area (Å²) in [6, 6.07) is 30.1. The van der Waals surface area contributed by atoms with Gasteiger partial charge in [-0.15, -0.1) is 0 Å². The molecule has 0 unspecified atom stereocenters. The van der Waals surface area contributed by atoms with Crippen LogP contribution in [0.2, 0.25) is 0 Å². The topological polar surface area (TPSA) is 63.7 Å². The van der Waals surface area contributed by atoms with Crippen molar-refractivity contribution in [3.8, 4) is 5.69 Å². The summed E-state index contributed by atoms with van der Waals surface area (Å²) in [5.41, 5.74) is 3.64. The molecule has 6 nitrogen and oxygen atoms in total. The monoisotopic (exact) mass is 382 g/mol. The van der Waals surface area contributed by atoms with Gasteiger partial charge >= 0.3 is 0 Å². The largest absolute Gasteiger partial charge is 0.316 e. The number of benzene rings is 3. The fourth-order valence-electron chi connectivity index (χ4n) is 3.01. The predicted octanol–water partition coefficient (Wildman–Crippen LogP) is 5.56. The van der Waals surface area contributed by atoms with Gasteiger partial charge in [0.2, 0.25) is 0 Å². The maximum absolute atomic E-state index is 10.9. The Balaban J connectivity index is 1.67. The smallest absolute Gasteiger partial charge is 0.269 e. The number of hydrazone groups is 1. The first kappa shape index (κ1) is 18.2. The average molecular weight is 382 g/mol. The van der Waals surface area contributed by atoms with E-state index in [0.29, 0.717) is 0 Å². The third-order valence-corrected chi connectivity index (χ3v) is 4.43. The zero-order valence-corrected chi connectivity index (χ0v) is 15.5. The molecule has 1 heterocycles. The molecule has 0 fully saturated rings. The van der Waals surface area contributed by atoms with Gasteiger partial charge in [-0.3, -0.25) is 10.1 Å². The molecule has 0 radical (unpaired) electrons. The van der Waals surface area contributed by atoms with Crippen LogP contribution in [0.15, 0.2) is 108 Å². The van der Waals surface area contributed by atoms with E-state index >= 15 is 0 Å². The van der Waals surface area contributed by atoms with Gasteiger partial charge in [0.25, 0.3) is 5.69 Å². The summed E-state index contributed by atoms with van der Waals surface area (Å²) in [6.45, 7) is 0. The first-order valence-electron chi connectivity index (χ1n) is 9.09. The minimum atomic E-state index is -0.403. The van der Waals surface area contributed by atoms with Crippen LogP contribution in [0.1, 0.15) is 5.69 Å². The van der Waals surface area contributed by atoms with Gasteiger partial charge in [-0.05, 0) is 48.5 Å². The number of para-hydroxylation sites is 2. The average Bonchev–Trinajstić information content (AvgIpc) is 3.24. The highest BCUT2D eigenvalue weighted by Crippen LogP contribution is 2.25. The Kier molecular flexibility index (Phi) is 5.16. The molecule has 0 amide bonds. The van der Waals surface area contributed by atoms with E-state index in [9.17, 15) is 10.1 Å². The Morgan fingerprint density at radius 2 is 1.38 bits per heavy atom. The first-order valence-corrected chi connectivity index (χ1v) is 9.09. The Labute approximate surface area is 168 Å². The summed E-state index contributed by atoms with van der Waals surface area (Å²) >= 11 is 0. The lowest BCUT2D eigenvalue weighted by atomic mass is 10.2. The summed E-state index contributed by atoms with van der Waals surface area (Å²) in [4.78, 5) is 10.5. The van der Waals surface area contributed by atoms with Crippen LogP contribution in [0.4, 0.5) is 17.1 Å². The summed E-state index contributed by atoms with van der Waals surface area (Å²) in [5, 5.41) is 17.5. The first-order chi connectivity index (χ1) is 14.2. The molecule has 4 aromatic rings. The molecule has 29 heavy (non-hydrogen) atoms. The Hall–Kier alpha value is -4.19. The SMILES string of the molecule is O=[N+]([O-])c1ccc(-n2cccc2/C=N\N(c2ccccc2)c2ccccc2)cc1. The number of nitrogens with zero attached hydrogens (tertiary/aromatic N) is 4. The molecule has 142 valence electrons. The van der Waals surface area contributed by atoms with E-state index in [4.69, 9.17) is 5.10 Å². The zero-order valence-electron chi connectivity index (χ0n) is 15.5. The van der Waals surface area contributed by atoms with Gasteiger partial charge in [-0.2, -0.15) is 5.10 Å². The van der Waals surface area contributed by atoms with E-state index in [1.165, 1.54) is 12.1 Å². The number of rotatable bonds is 6. The maximum Gasteiger partial charge on any atom is 0.269 e. The van der Waals surface area contributed by atoms with Crippen LogP contribution in [0.5, 0.6) is 0 Å². The maximum atomic E-state index is 10.9. The number of hydrogen-bond donors (Lipinski definition) is 0. The number of aromatic nitrogens is 1. The molecular formula is C23H18N4O2. The molecule has 0 spiro atoms. The van der Waals surface area contributed by atoms with Crippen LogP contribution in [-0.2, 0) is 0 Å². The third kappa shape index (κ3) is 4.06. The second-order valence-electron chi connectivity index (χ2n) is 6.30. The second kappa shape index (κ2) is 8.22. The number of hydrogen-bond acceptors (Lipinski definition) is 4. The van der Waals surface area contributed by atoms with Crippen molar-refractivity contribution in [1.82, 2.24) is 4.57 Å². The summed E-state index contributed by atoms with van der Waals surface area (Å²) < 4.78 is 1.93. The van der Waals surface area contributed by atoms with Gasteiger partial charge in [0, 0.05) is 24.0 Å². The zero-order chi connectivity index (χ0) is 20.1. The Bertz CT molecular complexity index is 1080. The van der Waals surface area contributed by atoms with E-state index in [1.54, 1.807) is 18.3 Å². The molecular weight excluding hydrogens is 364 g/mol. The summed E-state index contributed by atoms with van der Waals surface area (Å²) in [7, 11) is 0. The van der Waals surface area contributed by atoms with Gasteiger partial charge < -0.3 is 4.57 Å². The minimum Gasteiger partial charge on any atom is -0.316 e. The van der Waals surface area contributed by atoms with Crippen molar-refractivity contribution in [3.63, 3.8) is 0 Å². The van der Waals surface area contributed by atoms with Crippen molar-refractivity contribution in [2.24, 2.45) is 5.10 Å². The van der Waals surface area contributed by atoms with Gasteiger partial charge in [-0.1, -0.05) is 36.4 Å². The molecule has 3 aromatic carbocycles. The van der Waals surface area contributed by atoms with E-state index in [-0.39, 0.29) is 5.69 Å². The van der Waals surface area contributed by atoms with Crippen LogP contribution in [0, 0.1) is 10.1 Å². The molecule has 1 aromatic heterocycles. The number of nitro groups is 1. The third-order valence-electron chi connectivity index (χ3n) is 4.43. The molecule has 0 atom stereocenters. The fourth-order valence-corrected chi connectivity index (χ4v) is 3.01. The summed E-state index contributed by atoms with van der Waals surface area (Å²) in [6.07, 6.45) is 3.68. The lowest BCUT2D eigenvalue weighted by molar-refractivity contribution is -0.384. The molecule has 0 aliphatic carbocycles. The van der Waals surface area contributed by atoms with Crippen molar-refractivity contribution >= 4 is 23.3 Å². The van der Waals surface area contributed by atoms with Crippen molar-refractivity contribution < 1.29 is 4.92 Å². The van der Waals surface area contributed by atoms with Gasteiger partial charge in [0.15, 0.2) is 0 Å². The van der Waals surface area contributed by atoms with E-state index < -0.39 is 4.92 Å². The van der Waals surface area contributed by atoms with Gasteiger partial charge in [0.1, 0.15) is 0 Å². The standard InChI is InChI=1S/C23H18N4O2/c28-27(29)22-15-13-19(14-16-22)25-17-7-12-23(25)18-24-26(20-8-3-1-4-9-20)21-10-5-2-6-11-21/h1-18H/b24-18-. The van der Waals surface area contributed by atoms with Crippen LogP contribution in [0.3, 0.4) is 0 Å².